The predicted molar refractivity (Wildman–Crippen MR) is 66.9 cm³/mol. The molecule has 10 heteroatoms. The molecule has 2 rings (SSSR count). The lowest BCUT2D eigenvalue weighted by Gasteiger charge is -2.07. The van der Waals surface area contributed by atoms with E-state index >= 15 is 0 Å². The Kier molecular flexibility index (Phi) is 3.75. The number of hydrogen-bond acceptors (Lipinski definition) is 5. The summed E-state index contributed by atoms with van der Waals surface area (Å²) in [5, 5.41) is 10.1. The molecule has 112 valence electrons. The van der Waals surface area contributed by atoms with E-state index in [0.717, 1.165) is 0 Å². The van der Waals surface area contributed by atoms with Gasteiger partial charge in [0.15, 0.2) is 11.6 Å². The summed E-state index contributed by atoms with van der Waals surface area (Å²) in [5.41, 5.74) is -0.410. The number of carbonyl (C=O) groups excluding carboxylic acids is 1. The number of benzene rings is 1. The number of carbonyl (C=O) groups is 1. The van der Waals surface area contributed by atoms with Gasteiger partial charge in [-0.2, -0.15) is 0 Å². The molecule has 1 heterocycles. The minimum Gasteiger partial charge on any atom is -0.351 e. The molecule has 2 aromatic rings. The molecule has 0 aliphatic heterocycles. The molecule has 0 aliphatic carbocycles. The number of rotatable bonds is 3. The number of nitrogens with one attached hydrogen (secondary N) is 1. The maximum absolute atomic E-state index is 13.7. The third-order valence-electron chi connectivity index (χ3n) is 2.43. The van der Waals surface area contributed by atoms with Gasteiger partial charge in [0, 0.05) is 6.07 Å². The third kappa shape index (κ3) is 3.23. The van der Waals surface area contributed by atoms with Crippen molar-refractivity contribution in [2.45, 2.75) is 11.8 Å². The van der Waals surface area contributed by atoms with Crippen molar-refractivity contribution >= 4 is 21.6 Å². The van der Waals surface area contributed by atoms with E-state index in [1.54, 1.807) is 6.92 Å². The van der Waals surface area contributed by atoms with E-state index in [0.29, 0.717) is 17.8 Å². The lowest BCUT2D eigenvalue weighted by molar-refractivity contribution is 0.0986. The standard InChI is InChI=1S/C11H9F2N3O4S/c1-5-2-9(20-16-5)11(17)15-10-7(12)3-6(4-8(10)13)21(14,18)19/h2-4H,1H3,(H,15,17)(H2,14,18,19). The van der Waals surface area contributed by atoms with Gasteiger partial charge in [-0.25, -0.2) is 22.3 Å². The molecule has 0 unspecified atom stereocenters. The van der Waals surface area contributed by atoms with Crippen LogP contribution in [0.1, 0.15) is 16.2 Å². The lowest BCUT2D eigenvalue weighted by Crippen LogP contribution is -2.16. The number of hydrogen-bond donors (Lipinski definition) is 2. The highest BCUT2D eigenvalue weighted by molar-refractivity contribution is 7.89. The molecule has 21 heavy (non-hydrogen) atoms. The van der Waals surface area contributed by atoms with Crippen LogP contribution in [0.2, 0.25) is 0 Å². The maximum atomic E-state index is 13.7. The smallest absolute Gasteiger partial charge is 0.294 e. The molecule has 1 amide bonds. The van der Waals surface area contributed by atoms with Crippen molar-refractivity contribution in [2.24, 2.45) is 5.14 Å². The Balaban J connectivity index is 2.35. The van der Waals surface area contributed by atoms with E-state index in [-0.39, 0.29) is 5.76 Å². The van der Waals surface area contributed by atoms with Gasteiger partial charge in [0.05, 0.1) is 10.6 Å². The van der Waals surface area contributed by atoms with Crippen molar-refractivity contribution < 1.29 is 26.5 Å². The van der Waals surface area contributed by atoms with Gasteiger partial charge in [-0.15, -0.1) is 0 Å². The van der Waals surface area contributed by atoms with Crippen LogP contribution in [-0.2, 0) is 10.0 Å². The number of amides is 1. The van der Waals surface area contributed by atoms with Crippen molar-refractivity contribution in [3.63, 3.8) is 0 Å². The second-order valence-electron chi connectivity index (χ2n) is 4.09. The first-order valence-electron chi connectivity index (χ1n) is 5.45. The second kappa shape index (κ2) is 5.22. The second-order valence-corrected chi connectivity index (χ2v) is 5.66. The number of primary sulfonamides is 1. The van der Waals surface area contributed by atoms with Crippen LogP contribution in [0.4, 0.5) is 14.5 Å². The molecular weight excluding hydrogens is 308 g/mol. The van der Waals surface area contributed by atoms with Gasteiger partial charge in [0.25, 0.3) is 5.91 Å². The summed E-state index contributed by atoms with van der Waals surface area (Å²) in [6.45, 7) is 1.56. The van der Waals surface area contributed by atoms with Crippen LogP contribution in [0.25, 0.3) is 0 Å². The van der Waals surface area contributed by atoms with Crippen molar-refractivity contribution in [2.75, 3.05) is 5.32 Å². The van der Waals surface area contributed by atoms with E-state index in [1.807, 2.05) is 5.32 Å². The topological polar surface area (TPSA) is 115 Å². The van der Waals surface area contributed by atoms with E-state index in [9.17, 15) is 22.0 Å². The highest BCUT2D eigenvalue weighted by atomic mass is 32.2. The van der Waals surface area contributed by atoms with Gasteiger partial charge >= 0.3 is 0 Å². The normalized spacial score (nSPS) is 11.4. The first-order chi connectivity index (χ1) is 9.68. The van der Waals surface area contributed by atoms with Gasteiger partial charge in [0.1, 0.15) is 5.69 Å². The van der Waals surface area contributed by atoms with E-state index in [1.165, 1.54) is 6.07 Å². The van der Waals surface area contributed by atoms with Gasteiger partial charge in [-0.05, 0) is 19.1 Å². The third-order valence-corrected chi connectivity index (χ3v) is 3.33. The molecule has 0 aliphatic rings. The molecule has 7 nitrogen and oxygen atoms in total. The largest absolute Gasteiger partial charge is 0.351 e. The Morgan fingerprint density at radius 2 is 1.86 bits per heavy atom. The molecule has 0 atom stereocenters. The van der Waals surface area contributed by atoms with Crippen molar-refractivity contribution in [3.05, 3.63) is 41.3 Å². The van der Waals surface area contributed by atoms with Crippen molar-refractivity contribution in [1.29, 1.82) is 0 Å². The van der Waals surface area contributed by atoms with Crippen LogP contribution in [-0.4, -0.2) is 19.5 Å². The first-order valence-corrected chi connectivity index (χ1v) is 6.99. The Hall–Kier alpha value is -2.33. The fraction of sp³-hybridized carbons (Fsp3) is 0.0909. The summed E-state index contributed by atoms with van der Waals surface area (Å²) < 4.78 is 54.1. The Morgan fingerprint density at radius 3 is 2.29 bits per heavy atom. The molecule has 0 bridgehead atoms. The zero-order valence-corrected chi connectivity index (χ0v) is 11.4. The lowest BCUT2D eigenvalue weighted by atomic mass is 10.2. The number of nitrogens with two attached hydrogens (primary N) is 1. The van der Waals surface area contributed by atoms with Gasteiger partial charge < -0.3 is 9.84 Å². The Morgan fingerprint density at radius 1 is 1.29 bits per heavy atom. The van der Waals surface area contributed by atoms with Gasteiger partial charge in [-0.1, -0.05) is 5.16 Å². The summed E-state index contributed by atoms with van der Waals surface area (Å²) in [5.74, 6) is -3.76. The average Bonchev–Trinajstić information content (AvgIpc) is 2.79. The van der Waals surface area contributed by atoms with E-state index < -0.39 is 38.1 Å². The fourth-order valence-corrected chi connectivity index (χ4v) is 2.01. The Bertz CT molecular complexity index is 794. The zero-order chi connectivity index (χ0) is 15.8. The summed E-state index contributed by atoms with van der Waals surface area (Å²) in [6, 6.07) is 2.27. The Labute approximate surface area is 117 Å². The van der Waals surface area contributed by atoms with Crippen LogP contribution < -0.4 is 10.5 Å². The summed E-state index contributed by atoms with van der Waals surface area (Å²) in [4.78, 5) is 10.9. The summed E-state index contributed by atoms with van der Waals surface area (Å²) >= 11 is 0. The number of aromatic nitrogens is 1. The highest BCUT2D eigenvalue weighted by Gasteiger charge is 2.20. The molecule has 3 N–H and O–H groups in total. The van der Waals surface area contributed by atoms with Gasteiger partial charge in [-0.3, -0.25) is 4.79 Å². The minimum atomic E-state index is -4.26. The summed E-state index contributed by atoms with van der Waals surface area (Å²) in [6.07, 6.45) is 0. The molecule has 0 fully saturated rings. The predicted octanol–water partition coefficient (Wildman–Crippen LogP) is 1.16. The summed E-state index contributed by atoms with van der Waals surface area (Å²) in [7, 11) is -4.26. The van der Waals surface area contributed by atoms with E-state index in [2.05, 4.69) is 9.68 Å². The fourth-order valence-electron chi connectivity index (χ4n) is 1.48. The highest BCUT2D eigenvalue weighted by Crippen LogP contribution is 2.23. The molecule has 0 spiro atoms. The maximum Gasteiger partial charge on any atom is 0.294 e. The monoisotopic (exact) mass is 317 g/mol. The molecule has 0 radical (unpaired) electrons. The van der Waals surface area contributed by atoms with Crippen LogP contribution >= 0.6 is 0 Å². The van der Waals surface area contributed by atoms with Gasteiger partial charge in [0.2, 0.25) is 15.8 Å². The molecule has 0 saturated carbocycles. The number of sulfonamides is 1. The van der Waals surface area contributed by atoms with Crippen LogP contribution in [0.3, 0.4) is 0 Å². The number of anilines is 1. The van der Waals surface area contributed by atoms with Crippen molar-refractivity contribution in [1.82, 2.24) is 5.16 Å². The molecule has 1 aromatic heterocycles. The number of nitrogens with zero attached hydrogens (tertiary/aromatic N) is 1. The number of aryl methyl sites for hydroxylation is 1. The minimum absolute atomic E-state index is 0.248. The van der Waals surface area contributed by atoms with Crippen molar-refractivity contribution in [3.8, 4) is 0 Å². The first kappa shape index (κ1) is 15.1. The molecule has 0 saturated heterocycles. The molecule has 1 aromatic carbocycles. The zero-order valence-electron chi connectivity index (χ0n) is 10.6. The van der Waals surface area contributed by atoms with Crippen LogP contribution in [0.5, 0.6) is 0 Å². The molecular formula is C11H9F2N3O4S. The SMILES string of the molecule is Cc1cc(C(=O)Nc2c(F)cc(S(N)(=O)=O)cc2F)on1. The quantitative estimate of drug-likeness (QED) is 0.881. The van der Waals surface area contributed by atoms with Crippen LogP contribution in [0, 0.1) is 18.6 Å². The van der Waals surface area contributed by atoms with E-state index in [4.69, 9.17) is 5.14 Å². The van der Waals surface area contributed by atoms with Crippen LogP contribution in [0.15, 0.2) is 27.6 Å². The number of halogens is 2. The average molecular weight is 317 g/mol.